The smallest absolute Gasteiger partial charge is 0.254 e. The minimum atomic E-state index is -0.504. The van der Waals surface area contributed by atoms with Crippen LogP contribution in [0.25, 0.3) is 0 Å². The van der Waals surface area contributed by atoms with E-state index in [0.29, 0.717) is 23.5 Å². The maximum Gasteiger partial charge on any atom is 0.254 e. The summed E-state index contributed by atoms with van der Waals surface area (Å²) in [6.45, 7) is 2.00. The highest BCUT2D eigenvalue weighted by Crippen LogP contribution is 2.16. The van der Waals surface area contributed by atoms with E-state index in [1.54, 1.807) is 6.07 Å². The summed E-state index contributed by atoms with van der Waals surface area (Å²) in [6, 6.07) is 4.34. The number of rotatable bonds is 3. The average molecular weight is 316 g/mol. The van der Waals surface area contributed by atoms with E-state index in [2.05, 4.69) is 21.2 Å². The molecule has 0 radical (unpaired) electrons. The summed E-state index contributed by atoms with van der Waals surface area (Å²) in [5.74, 6) is -0.548. The van der Waals surface area contributed by atoms with E-state index < -0.39 is 5.82 Å². The number of carbonyl (C=O) groups excluding carboxylic acids is 1. The van der Waals surface area contributed by atoms with Crippen LogP contribution < -0.4 is 5.32 Å². The van der Waals surface area contributed by atoms with E-state index >= 15 is 0 Å². The molecule has 5 heteroatoms. The first-order valence-electron chi connectivity index (χ1n) is 5.98. The second-order valence-electron chi connectivity index (χ2n) is 4.42. The summed E-state index contributed by atoms with van der Waals surface area (Å²) in [5.41, 5.74) is 0.0705. The zero-order valence-electron chi connectivity index (χ0n) is 9.92. The zero-order chi connectivity index (χ0) is 13.0. The molecule has 1 atom stereocenters. The Morgan fingerprint density at radius 2 is 2.39 bits per heavy atom. The molecule has 1 fully saturated rings. The van der Waals surface area contributed by atoms with Gasteiger partial charge in [-0.05, 0) is 37.0 Å². The van der Waals surface area contributed by atoms with Crippen LogP contribution in [0.1, 0.15) is 23.2 Å². The summed E-state index contributed by atoms with van der Waals surface area (Å²) in [6.07, 6.45) is 2.06. The third kappa shape index (κ3) is 3.53. The van der Waals surface area contributed by atoms with Crippen LogP contribution in [0.2, 0.25) is 0 Å². The monoisotopic (exact) mass is 315 g/mol. The van der Waals surface area contributed by atoms with Gasteiger partial charge in [-0.2, -0.15) is 0 Å². The lowest BCUT2D eigenvalue weighted by Gasteiger charge is -2.22. The number of ether oxygens (including phenoxy) is 1. The van der Waals surface area contributed by atoms with Crippen LogP contribution in [-0.2, 0) is 4.74 Å². The molecule has 1 aliphatic heterocycles. The molecule has 1 saturated heterocycles. The van der Waals surface area contributed by atoms with Gasteiger partial charge in [0.1, 0.15) is 5.82 Å². The topological polar surface area (TPSA) is 38.3 Å². The van der Waals surface area contributed by atoms with Crippen molar-refractivity contribution in [3.05, 3.63) is 34.1 Å². The normalized spacial score (nSPS) is 19.6. The maximum absolute atomic E-state index is 13.5. The second-order valence-corrected chi connectivity index (χ2v) is 5.33. The number of amides is 1. The Labute approximate surface area is 114 Å². The molecule has 1 aromatic rings. The van der Waals surface area contributed by atoms with Crippen molar-refractivity contribution in [1.29, 1.82) is 0 Å². The molecule has 18 heavy (non-hydrogen) atoms. The Morgan fingerprint density at radius 1 is 1.56 bits per heavy atom. The first-order valence-corrected chi connectivity index (χ1v) is 6.77. The van der Waals surface area contributed by atoms with Gasteiger partial charge >= 0.3 is 0 Å². The van der Waals surface area contributed by atoms with Gasteiger partial charge in [-0.1, -0.05) is 15.9 Å². The molecular formula is C13H15BrFNO2. The Bertz CT molecular complexity index is 433. The molecule has 1 unspecified atom stereocenters. The molecule has 3 nitrogen and oxygen atoms in total. The summed E-state index contributed by atoms with van der Waals surface area (Å²) in [4.78, 5) is 11.8. The van der Waals surface area contributed by atoms with Crippen LogP contribution in [0.3, 0.4) is 0 Å². The van der Waals surface area contributed by atoms with Crippen LogP contribution in [0.5, 0.6) is 0 Å². The van der Waals surface area contributed by atoms with Crippen LogP contribution in [0.4, 0.5) is 4.39 Å². The standard InChI is InChI=1S/C13H15BrFNO2/c14-10-3-4-12(15)11(6-10)13(17)16-7-9-2-1-5-18-8-9/h3-4,6,9H,1-2,5,7-8H2,(H,16,17). The maximum atomic E-state index is 13.5. The Balaban J connectivity index is 1.92. The molecule has 98 valence electrons. The zero-order valence-corrected chi connectivity index (χ0v) is 11.5. The fraction of sp³-hybridized carbons (Fsp3) is 0.462. The van der Waals surface area contributed by atoms with Gasteiger partial charge in [-0.3, -0.25) is 4.79 Å². The van der Waals surface area contributed by atoms with Gasteiger partial charge in [0, 0.05) is 17.6 Å². The minimum Gasteiger partial charge on any atom is -0.381 e. The van der Waals surface area contributed by atoms with Crippen molar-refractivity contribution in [3.63, 3.8) is 0 Å². The minimum absolute atomic E-state index is 0.0705. The van der Waals surface area contributed by atoms with Crippen molar-refractivity contribution in [1.82, 2.24) is 5.32 Å². The van der Waals surface area contributed by atoms with Gasteiger partial charge in [-0.25, -0.2) is 4.39 Å². The number of halogens is 2. The van der Waals surface area contributed by atoms with Gasteiger partial charge in [0.25, 0.3) is 5.91 Å². The molecule has 1 aromatic carbocycles. The van der Waals surface area contributed by atoms with E-state index in [4.69, 9.17) is 4.74 Å². The van der Waals surface area contributed by atoms with Crippen LogP contribution in [-0.4, -0.2) is 25.7 Å². The molecule has 1 amide bonds. The average Bonchev–Trinajstić information content (AvgIpc) is 2.40. The SMILES string of the molecule is O=C(NCC1CCCOC1)c1cc(Br)ccc1F. The van der Waals surface area contributed by atoms with E-state index in [1.807, 2.05) is 0 Å². The summed E-state index contributed by atoms with van der Waals surface area (Å²) >= 11 is 3.23. The third-order valence-electron chi connectivity index (χ3n) is 2.98. The number of nitrogens with one attached hydrogen (secondary N) is 1. The molecule has 1 N–H and O–H groups in total. The fourth-order valence-electron chi connectivity index (χ4n) is 1.97. The predicted octanol–water partition coefficient (Wildman–Crippen LogP) is 2.74. The lowest BCUT2D eigenvalue weighted by molar-refractivity contribution is 0.0536. The van der Waals surface area contributed by atoms with E-state index in [0.717, 1.165) is 19.4 Å². The van der Waals surface area contributed by atoms with Crippen molar-refractivity contribution >= 4 is 21.8 Å². The van der Waals surface area contributed by atoms with Gasteiger partial charge < -0.3 is 10.1 Å². The number of hydrogen-bond donors (Lipinski definition) is 1. The third-order valence-corrected chi connectivity index (χ3v) is 3.47. The van der Waals surface area contributed by atoms with E-state index in [9.17, 15) is 9.18 Å². The molecule has 1 heterocycles. The molecular weight excluding hydrogens is 301 g/mol. The highest BCUT2D eigenvalue weighted by Gasteiger charge is 2.17. The van der Waals surface area contributed by atoms with Gasteiger partial charge in [-0.15, -0.1) is 0 Å². The van der Waals surface area contributed by atoms with Crippen LogP contribution >= 0.6 is 15.9 Å². The van der Waals surface area contributed by atoms with E-state index in [-0.39, 0.29) is 11.5 Å². The molecule has 0 saturated carbocycles. The number of benzene rings is 1. The second kappa shape index (κ2) is 6.29. The van der Waals surface area contributed by atoms with Crippen molar-refractivity contribution < 1.29 is 13.9 Å². The molecule has 1 aliphatic rings. The Morgan fingerprint density at radius 3 is 3.11 bits per heavy atom. The summed E-state index contributed by atoms with van der Waals surface area (Å²) < 4.78 is 19.5. The number of hydrogen-bond acceptors (Lipinski definition) is 2. The predicted molar refractivity (Wildman–Crippen MR) is 70.0 cm³/mol. The van der Waals surface area contributed by atoms with Gasteiger partial charge in [0.2, 0.25) is 0 Å². The number of carbonyl (C=O) groups is 1. The van der Waals surface area contributed by atoms with Crippen molar-refractivity contribution in [2.45, 2.75) is 12.8 Å². The Kier molecular flexibility index (Phi) is 4.72. The lowest BCUT2D eigenvalue weighted by atomic mass is 10.0. The largest absolute Gasteiger partial charge is 0.381 e. The molecule has 0 aliphatic carbocycles. The quantitative estimate of drug-likeness (QED) is 0.931. The highest BCUT2D eigenvalue weighted by atomic mass is 79.9. The first-order chi connectivity index (χ1) is 8.66. The highest BCUT2D eigenvalue weighted by molar-refractivity contribution is 9.10. The van der Waals surface area contributed by atoms with Gasteiger partial charge in [0.15, 0.2) is 0 Å². The van der Waals surface area contributed by atoms with E-state index in [1.165, 1.54) is 12.1 Å². The van der Waals surface area contributed by atoms with Crippen molar-refractivity contribution in [2.75, 3.05) is 19.8 Å². The van der Waals surface area contributed by atoms with Crippen LogP contribution in [0, 0.1) is 11.7 Å². The van der Waals surface area contributed by atoms with Crippen molar-refractivity contribution in [2.24, 2.45) is 5.92 Å². The Hall–Kier alpha value is -0.940. The molecule has 0 spiro atoms. The van der Waals surface area contributed by atoms with Gasteiger partial charge in [0.05, 0.1) is 12.2 Å². The van der Waals surface area contributed by atoms with Crippen LogP contribution in [0.15, 0.2) is 22.7 Å². The molecule has 2 rings (SSSR count). The lowest BCUT2D eigenvalue weighted by Crippen LogP contribution is -2.33. The first kappa shape index (κ1) is 13.5. The van der Waals surface area contributed by atoms with Crippen molar-refractivity contribution in [3.8, 4) is 0 Å². The molecule has 0 aromatic heterocycles. The fourth-order valence-corrected chi connectivity index (χ4v) is 2.33. The summed E-state index contributed by atoms with van der Waals surface area (Å²) in [5, 5.41) is 2.76. The molecule has 0 bridgehead atoms. The summed E-state index contributed by atoms with van der Waals surface area (Å²) in [7, 11) is 0.